The van der Waals surface area contributed by atoms with Crippen LogP contribution >= 0.6 is 0 Å². The lowest BCUT2D eigenvalue weighted by atomic mass is 9.85. The number of amides is 1. The summed E-state index contributed by atoms with van der Waals surface area (Å²) in [6.45, 7) is 0. The molecule has 0 aromatic carbocycles. The number of aryl methyl sites for hydroxylation is 1. The van der Waals surface area contributed by atoms with E-state index >= 15 is 0 Å². The Balaban J connectivity index is 1.55. The van der Waals surface area contributed by atoms with Crippen LogP contribution in [0.5, 0.6) is 0 Å². The lowest BCUT2D eigenvalue weighted by molar-refractivity contribution is 0.102. The molecular weight excluding hydrogens is 296 g/mol. The molecule has 2 heterocycles. The molecule has 120 valence electrons. The highest BCUT2D eigenvalue weighted by Gasteiger charge is 2.28. The summed E-state index contributed by atoms with van der Waals surface area (Å²) in [4.78, 5) is 35.4. The number of nitrogens with one attached hydrogen (secondary N) is 2. The minimum atomic E-state index is -0.436. The van der Waals surface area contributed by atoms with Gasteiger partial charge in [0.2, 0.25) is 5.95 Å². The molecule has 8 nitrogen and oxygen atoms in total. The Kier molecular flexibility index (Phi) is 3.24. The second-order valence-electron chi connectivity index (χ2n) is 6.29. The summed E-state index contributed by atoms with van der Waals surface area (Å²) in [7, 11) is 1.74. The van der Waals surface area contributed by atoms with Crippen molar-refractivity contribution in [3.05, 3.63) is 33.8 Å². The molecular formula is C15H18N6O2. The van der Waals surface area contributed by atoms with Crippen LogP contribution < -0.4 is 10.9 Å². The highest BCUT2D eigenvalue weighted by Crippen LogP contribution is 2.37. The van der Waals surface area contributed by atoms with Gasteiger partial charge in [-0.25, -0.2) is 9.67 Å². The Morgan fingerprint density at radius 1 is 1.26 bits per heavy atom. The van der Waals surface area contributed by atoms with Gasteiger partial charge in [0.25, 0.3) is 11.5 Å². The first-order valence-corrected chi connectivity index (χ1v) is 7.93. The van der Waals surface area contributed by atoms with Crippen LogP contribution in [0.4, 0.5) is 5.95 Å². The minimum Gasteiger partial charge on any atom is -0.310 e. The number of nitrogens with zero attached hydrogens (tertiary/aromatic N) is 4. The average molecular weight is 314 g/mol. The number of H-pyrrole nitrogens is 1. The van der Waals surface area contributed by atoms with E-state index in [0.717, 1.165) is 31.5 Å². The number of anilines is 1. The van der Waals surface area contributed by atoms with Crippen LogP contribution in [0.1, 0.15) is 66.1 Å². The smallest absolute Gasteiger partial charge is 0.276 e. The van der Waals surface area contributed by atoms with Crippen LogP contribution in [-0.4, -0.2) is 30.6 Å². The molecule has 0 saturated heterocycles. The number of hydrogen-bond donors (Lipinski definition) is 2. The van der Waals surface area contributed by atoms with Gasteiger partial charge in [0.15, 0.2) is 5.82 Å². The van der Waals surface area contributed by atoms with Crippen LogP contribution in [0.25, 0.3) is 0 Å². The summed E-state index contributed by atoms with van der Waals surface area (Å²) >= 11 is 0. The van der Waals surface area contributed by atoms with Crippen molar-refractivity contribution in [3.8, 4) is 0 Å². The number of aromatic nitrogens is 5. The molecule has 4 rings (SSSR count). The van der Waals surface area contributed by atoms with E-state index < -0.39 is 5.91 Å². The van der Waals surface area contributed by atoms with Crippen molar-refractivity contribution in [2.45, 2.75) is 43.9 Å². The van der Waals surface area contributed by atoms with Crippen molar-refractivity contribution in [1.29, 1.82) is 0 Å². The molecule has 0 radical (unpaired) electrons. The maximum Gasteiger partial charge on any atom is 0.276 e. The molecule has 0 atom stereocenters. The molecule has 2 aliphatic rings. The van der Waals surface area contributed by atoms with Gasteiger partial charge < -0.3 is 4.98 Å². The normalized spacial score (nSPS) is 17.8. The zero-order valence-electron chi connectivity index (χ0n) is 12.9. The fraction of sp³-hybridized carbons (Fsp3) is 0.533. The van der Waals surface area contributed by atoms with Gasteiger partial charge in [-0.3, -0.25) is 14.9 Å². The molecule has 1 amide bonds. The van der Waals surface area contributed by atoms with Crippen molar-refractivity contribution in [2.75, 3.05) is 5.32 Å². The highest BCUT2D eigenvalue weighted by molar-refractivity contribution is 6.01. The summed E-state index contributed by atoms with van der Waals surface area (Å²) in [5.74, 6) is 1.98. The standard InChI is InChI=1S/C15H18N6O2/c1-21-15(18-13(20-21)8-3-2-4-8)19-14(23)10-7-11(22)17-12(16-10)9-5-6-9/h7-9H,2-6H2,1H3,(H,16,17,22)(H,18,19,20,23). The van der Waals surface area contributed by atoms with Crippen molar-refractivity contribution in [3.63, 3.8) is 0 Å². The zero-order valence-corrected chi connectivity index (χ0v) is 12.9. The van der Waals surface area contributed by atoms with Crippen LogP contribution in [0, 0.1) is 0 Å². The summed E-state index contributed by atoms with van der Waals surface area (Å²) in [6.07, 6.45) is 5.39. The topological polar surface area (TPSA) is 106 Å². The third-order valence-electron chi connectivity index (χ3n) is 4.43. The summed E-state index contributed by atoms with van der Waals surface area (Å²) in [5.41, 5.74) is -0.191. The summed E-state index contributed by atoms with van der Waals surface area (Å²) in [5, 5.41) is 7.05. The van der Waals surface area contributed by atoms with E-state index in [1.807, 2.05) is 0 Å². The SMILES string of the molecule is Cn1nc(C2CCC2)nc1NC(=O)c1cc(=O)[nH]c(C2CC2)n1. The monoisotopic (exact) mass is 314 g/mol. The van der Waals surface area contributed by atoms with Gasteiger partial charge in [0, 0.05) is 24.9 Å². The molecule has 2 N–H and O–H groups in total. The van der Waals surface area contributed by atoms with Gasteiger partial charge in [0.05, 0.1) is 0 Å². The van der Waals surface area contributed by atoms with Gasteiger partial charge in [-0.15, -0.1) is 0 Å². The molecule has 2 aliphatic carbocycles. The second-order valence-corrected chi connectivity index (χ2v) is 6.29. The molecule has 2 saturated carbocycles. The fourth-order valence-electron chi connectivity index (χ4n) is 2.66. The Labute approximate surface area is 132 Å². The van der Waals surface area contributed by atoms with Crippen LogP contribution in [0.3, 0.4) is 0 Å². The van der Waals surface area contributed by atoms with E-state index in [0.29, 0.717) is 17.7 Å². The number of carbonyl (C=O) groups excluding carboxylic acids is 1. The van der Waals surface area contributed by atoms with E-state index in [1.54, 1.807) is 11.7 Å². The second kappa shape index (κ2) is 5.29. The Bertz CT molecular complexity index is 816. The zero-order chi connectivity index (χ0) is 16.0. The number of rotatable bonds is 4. The Morgan fingerprint density at radius 3 is 2.70 bits per heavy atom. The molecule has 0 aliphatic heterocycles. The predicted molar refractivity (Wildman–Crippen MR) is 82.4 cm³/mol. The molecule has 8 heteroatoms. The van der Waals surface area contributed by atoms with Crippen molar-refractivity contribution < 1.29 is 4.79 Å². The largest absolute Gasteiger partial charge is 0.310 e. The van der Waals surface area contributed by atoms with Gasteiger partial charge >= 0.3 is 0 Å². The maximum atomic E-state index is 12.4. The maximum absolute atomic E-state index is 12.4. The quantitative estimate of drug-likeness (QED) is 0.884. The molecule has 0 bridgehead atoms. The summed E-state index contributed by atoms with van der Waals surface area (Å²) < 4.78 is 1.56. The van der Waals surface area contributed by atoms with Crippen molar-refractivity contribution >= 4 is 11.9 Å². The molecule has 2 fully saturated rings. The average Bonchev–Trinajstić information content (AvgIpc) is 3.23. The van der Waals surface area contributed by atoms with E-state index in [-0.39, 0.29) is 17.2 Å². The molecule has 2 aromatic rings. The lowest BCUT2D eigenvalue weighted by Gasteiger charge is -2.21. The molecule has 23 heavy (non-hydrogen) atoms. The van der Waals surface area contributed by atoms with Crippen LogP contribution in [-0.2, 0) is 7.05 Å². The molecule has 0 spiro atoms. The molecule has 2 aromatic heterocycles. The minimum absolute atomic E-state index is 0.115. The lowest BCUT2D eigenvalue weighted by Crippen LogP contribution is -2.21. The first-order chi connectivity index (χ1) is 11.1. The third kappa shape index (κ3) is 2.76. The number of aromatic amines is 1. The fourth-order valence-corrected chi connectivity index (χ4v) is 2.66. The Hall–Kier alpha value is -2.51. The van der Waals surface area contributed by atoms with E-state index in [4.69, 9.17) is 0 Å². The van der Waals surface area contributed by atoms with E-state index in [9.17, 15) is 9.59 Å². The van der Waals surface area contributed by atoms with Gasteiger partial charge in [-0.2, -0.15) is 10.1 Å². The Morgan fingerprint density at radius 2 is 2.04 bits per heavy atom. The van der Waals surface area contributed by atoms with Crippen LogP contribution in [0.2, 0.25) is 0 Å². The van der Waals surface area contributed by atoms with Crippen molar-refractivity contribution in [1.82, 2.24) is 24.7 Å². The third-order valence-corrected chi connectivity index (χ3v) is 4.43. The molecule has 0 unspecified atom stereocenters. The summed E-state index contributed by atoms with van der Waals surface area (Å²) in [6, 6.07) is 1.21. The first kappa shape index (κ1) is 14.1. The number of hydrogen-bond acceptors (Lipinski definition) is 5. The van der Waals surface area contributed by atoms with Gasteiger partial charge in [-0.1, -0.05) is 6.42 Å². The van der Waals surface area contributed by atoms with Gasteiger partial charge in [0.1, 0.15) is 11.5 Å². The van der Waals surface area contributed by atoms with Crippen LogP contribution in [0.15, 0.2) is 10.9 Å². The first-order valence-electron chi connectivity index (χ1n) is 7.93. The predicted octanol–water partition coefficient (Wildman–Crippen LogP) is 1.30. The number of carbonyl (C=O) groups is 1. The van der Waals surface area contributed by atoms with E-state index in [2.05, 4.69) is 25.4 Å². The van der Waals surface area contributed by atoms with E-state index in [1.165, 1.54) is 12.5 Å². The van der Waals surface area contributed by atoms with Crippen molar-refractivity contribution in [2.24, 2.45) is 7.05 Å². The van der Waals surface area contributed by atoms with Gasteiger partial charge in [-0.05, 0) is 25.7 Å². The highest BCUT2D eigenvalue weighted by atomic mass is 16.2.